The lowest BCUT2D eigenvalue weighted by Crippen LogP contribution is -2.43. The summed E-state index contributed by atoms with van der Waals surface area (Å²) >= 11 is 0. The van der Waals surface area contributed by atoms with E-state index in [1.165, 1.54) is 30.5 Å². The van der Waals surface area contributed by atoms with E-state index in [2.05, 4.69) is 36.1 Å². The van der Waals surface area contributed by atoms with Gasteiger partial charge in [-0.25, -0.2) is 5.90 Å². The lowest BCUT2D eigenvalue weighted by molar-refractivity contribution is 0.114. The highest BCUT2D eigenvalue weighted by Gasteiger charge is 2.22. The Hall–Kier alpha value is -1.06. The number of hydrogen-bond donors (Lipinski definition) is 1. The Balaban J connectivity index is 2.13. The largest absolute Gasteiger partial charge is 0.366 e. The third-order valence-corrected chi connectivity index (χ3v) is 3.28. The monoisotopic (exact) mass is 220 g/mol. The Labute approximate surface area is 97.1 Å². The summed E-state index contributed by atoms with van der Waals surface area (Å²) in [5.41, 5.74) is 2.58. The van der Waals surface area contributed by atoms with Crippen LogP contribution in [0.25, 0.3) is 0 Å². The zero-order valence-corrected chi connectivity index (χ0v) is 9.86. The lowest BCUT2D eigenvalue weighted by atomic mass is 10.0. The van der Waals surface area contributed by atoms with Crippen molar-refractivity contribution in [2.24, 2.45) is 5.90 Å². The molecule has 1 aliphatic heterocycles. The summed E-state index contributed by atoms with van der Waals surface area (Å²) < 4.78 is 0. The number of nitrogens with two attached hydrogens (primary N) is 1. The molecular weight excluding hydrogens is 200 g/mol. The maximum absolute atomic E-state index is 5.20. The second kappa shape index (κ2) is 5.32. The first-order valence-corrected chi connectivity index (χ1v) is 5.96. The van der Waals surface area contributed by atoms with Gasteiger partial charge in [0.15, 0.2) is 0 Å². The Morgan fingerprint density at radius 1 is 1.31 bits per heavy atom. The molecule has 16 heavy (non-hydrogen) atoms. The van der Waals surface area contributed by atoms with Crippen LogP contribution in [0.3, 0.4) is 0 Å². The number of nitrogens with zero attached hydrogens (tertiary/aromatic N) is 1. The average Bonchev–Trinajstić information content (AvgIpc) is 2.32. The van der Waals surface area contributed by atoms with Crippen molar-refractivity contribution in [2.75, 3.05) is 18.1 Å². The predicted molar refractivity (Wildman–Crippen MR) is 66.3 cm³/mol. The van der Waals surface area contributed by atoms with Crippen molar-refractivity contribution in [3.63, 3.8) is 0 Å². The van der Waals surface area contributed by atoms with Crippen LogP contribution in [0.1, 0.15) is 24.8 Å². The van der Waals surface area contributed by atoms with Crippen molar-refractivity contribution in [3.05, 3.63) is 29.8 Å². The molecular formula is C13H20N2O. The summed E-state index contributed by atoms with van der Waals surface area (Å²) in [4.78, 5) is 7.23. The summed E-state index contributed by atoms with van der Waals surface area (Å²) in [5.74, 6) is 5.20. The summed E-state index contributed by atoms with van der Waals surface area (Å²) in [5, 5.41) is 0. The molecule has 0 amide bonds. The number of aryl methyl sites for hydroxylation is 1. The fourth-order valence-corrected chi connectivity index (χ4v) is 2.36. The lowest BCUT2D eigenvalue weighted by Gasteiger charge is -2.37. The summed E-state index contributed by atoms with van der Waals surface area (Å²) in [6.07, 6.45) is 3.70. The van der Waals surface area contributed by atoms with Crippen LogP contribution >= 0.6 is 0 Å². The van der Waals surface area contributed by atoms with E-state index in [9.17, 15) is 0 Å². The molecule has 2 rings (SSSR count). The van der Waals surface area contributed by atoms with Crippen LogP contribution in [-0.2, 0) is 4.84 Å². The first-order chi connectivity index (χ1) is 7.81. The van der Waals surface area contributed by atoms with Gasteiger partial charge in [0, 0.05) is 12.2 Å². The first-order valence-electron chi connectivity index (χ1n) is 5.96. The molecule has 1 atom stereocenters. The van der Waals surface area contributed by atoms with Gasteiger partial charge in [0.2, 0.25) is 0 Å². The summed E-state index contributed by atoms with van der Waals surface area (Å²) in [7, 11) is 0. The van der Waals surface area contributed by atoms with E-state index < -0.39 is 0 Å². The van der Waals surface area contributed by atoms with Gasteiger partial charge in [-0.2, -0.15) is 0 Å². The fourth-order valence-electron chi connectivity index (χ4n) is 2.36. The zero-order chi connectivity index (χ0) is 11.4. The SMILES string of the molecule is Cc1ccc(N2CCCCC2CON)cc1. The molecule has 0 saturated carbocycles. The number of anilines is 1. The zero-order valence-electron chi connectivity index (χ0n) is 9.86. The summed E-state index contributed by atoms with van der Waals surface area (Å²) in [6, 6.07) is 9.12. The third kappa shape index (κ3) is 2.54. The normalized spacial score (nSPS) is 21.1. The van der Waals surface area contributed by atoms with Crippen LogP contribution in [0.4, 0.5) is 5.69 Å². The van der Waals surface area contributed by atoms with Crippen LogP contribution in [0, 0.1) is 6.92 Å². The molecule has 1 aromatic rings. The van der Waals surface area contributed by atoms with Crippen LogP contribution in [0.2, 0.25) is 0 Å². The predicted octanol–water partition coefficient (Wildman–Crippen LogP) is 2.24. The maximum atomic E-state index is 5.20. The Morgan fingerprint density at radius 2 is 2.06 bits per heavy atom. The van der Waals surface area contributed by atoms with Gasteiger partial charge in [-0.3, -0.25) is 0 Å². The molecule has 1 saturated heterocycles. The molecule has 1 aliphatic rings. The van der Waals surface area contributed by atoms with E-state index in [0.717, 1.165) is 6.54 Å². The highest BCUT2D eigenvalue weighted by Crippen LogP contribution is 2.24. The molecule has 1 fully saturated rings. The Kier molecular flexibility index (Phi) is 3.80. The van der Waals surface area contributed by atoms with Gasteiger partial charge in [-0.1, -0.05) is 17.7 Å². The maximum Gasteiger partial charge on any atom is 0.0882 e. The van der Waals surface area contributed by atoms with Crippen molar-refractivity contribution in [1.82, 2.24) is 0 Å². The quantitative estimate of drug-likeness (QED) is 0.794. The van der Waals surface area contributed by atoms with Crippen LogP contribution in [0.15, 0.2) is 24.3 Å². The highest BCUT2D eigenvalue weighted by atomic mass is 16.6. The molecule has 0 bridgehead atoms. The molecule has 1 heterocycles. The third-order valence-electron chi connectivity index (χ3n) is 3.28. The van der Waals surface area contributed by atoms with Crippen LogP contribution in [0.5, 0.6) is 0 Å². The van der Waals surface area contributed by atoms with Crippen LogP contribution < -0.4 is 10.8 Å². The second-order valence-electron chi connectivity index (χ2n) is 4.51. The minimum absolute atomic E-state index is 0.432. The number of piperidine rings is 1. The van der Waals surface area contributed by atoms with Gasteiger partial charge < -0.3 is 9.74 Å². The van der Waals surface area contributed by atoms with Crippen LogP contribution in [-0.4, -0.2) is 19.2 Å². The minimum Gasteiger partial charge on any atom is -0.366 e. The van der Waals surface area contributed by atoms with Gasteiger partial charge in [0.1, 0.15) is 0 Å². The molecule has 1 unspecified atom stereocenters. The molecule has 0 spiro atoms. The smallest absolute Gasteiger partial charge is 0.0882 e. The molecule has 0 radical (unpaired) electrons. The van der Waals surface area contributed by atoms with Gasteiger partial charge >= 0.3 is 0 Å². The molecule has 0 aromatic heterocycles. The van der Waals surface area contributed by atoms with E-state index >= 15 is 0 Å². The van der Waals surface area contributed by atoms with E-state index in [1.54, 1.807) is 0 Å². The van der Waals surface area contributed by atoms with Crippen molar-refractivity contribution < 1.29 is 4.84 Å². The van der Waals surface area contributed by atoms with E-state index in [0.29, 0.717) is 12.6 Å². The van der Waals surface area contributed by atoms with E-state index in [-0.39, 0.29) is 0 Å². The fraction of sp³-hybridized carbons (Fsp3) is 0.538. The van der Waals surface area contributed by atoms with Crippen molar-refractivity contribution >= 4 is 5.69 Å². The molecule has 0 aliphatic carbocycles. The molecule has 88 valence electrons. The minimum atomic E-state index is 0.432. The van der Waals surface area contributed by atoms with Crippen molar-refractivity contribution in [2.45, 2.75) is 32.2 Å². The van der Waals surface area contributed by atoms with Crippen molar-refractivity contribution in [1.29, 1.82) is 0 Å². The molecule has 1 aromatic carbocycles. The first kappa shape index (κ1) is 11.4. The van der Waals surface area contributed by atoms with Gasteiger partial charge in [0.05, 0.1) is 12.6 Å². The summed E-state index contributed by atoms with van der Waals surface area (Å²) in [6.45, 7) is 3.84. The highest BCUT2D eigenvalue weighted by molar-refractivity contribution is 5.48. The van der Waals surface area contributed by atoms with E-state index in [1.807, 2.05) is 0 Å². The van der Waals surface area contributed by atoms with Gasteiger partial charge in [-0.05, 0) is 38.3 Å². The van der Waals surface area contributed by atoms with E-state index in [4.69, 9.17) is 10.7 Å². The number of rotatable bonds is 3. The topological polar surface area (TPSA) is 38.5 Å². The van der Waals surface area contributed by atoms with Gasteiger partial charge in [-0.15, -0.1) is 0 Å². The second-order valence-corrected chi connectivity index (χ2v) is 4.51. The number of benzene rings is 1. The van der Waals surface area contributed by atoms with Gasteiger partial charge in [0.25, 0.3) is 0 Å². The molecule has 3 nitrogen and oxygen atoms in total. The molecule has 2 N–H and O–H groups in total. The average molecular weight is 220 g/mol. The molecule has 3 heteroatoms. The van der Waals surface area contributed by atoms with Crippen molar-refractivity contribution in [3.8, 4) is 0 Å². The Bertz CT molecular complexity index is 321. The number of hydrogen-bond acceptors (Lipinski definition) is 3. The standard InChI is InChI=1S/C13H20N2O/c1-11-5-7-12(8-6-11)15-9-3-2-4-13(15)10-16-14/h5-8,13H,2-4,9-10,14H2,1H3. The Morgan fingerprint density at radius 3 is 2.75 bits per heavy atom.